The quantitative estimate of drug-likeness (QED) is 0.522. The van der Waals surface area contributed by atoms with Crippen molar-refractivity contribution >= 4 is 0 Å². The third-order valence-electron chi connectivity index (χ3n) is 11.3. The molecule has 3 heteroatoms. The Morgan fingerprint density at radius 3 is 2.39 bits per heavy atom. The SMILES string of the molecule is CO[C@@H]1C[C@H]2[C@@H]3CC[C@H]([C@H](C)CCCC(C)C)[C@@]3(C)CC[C@@H]2[C@@]2(C)CC[C@H](O)C[C@]12O. The van der Waals surface area contributed by atoms with Crippen LogP contribution in [0.1, 0.15) is 105 Å². The van der Waals surface area contributed by atoms with E-state index in [0.717, 1.165) is 42.9 Å². The molecule has 4 fully saturated rings. The average molecular weight is 435 g/mol. The minimum absolute atomic E-state index is 0.127. The summed E-state index contributed by atoms with van der Waals surface area (Å²) >= 11 is 0. The monoisotopic (exact) mass is 434 g/mol. The second-order valence-corrected chi connectivity index (χ2v) is 13.1. The van der Waals surface area contributed by atoms with Crippen molar-refractivity contribution < 1.29 is 14.9 Å². The summed E-state index contributed by atoms with van der Waals surface area (Å²) < 4.78 is 6.00. The van der Waals surface area contributed by atoms with Crippen LogP contribution >= 0.6 is 0 Å². The molecule has 4 aliphatic carbocycles. The van der Waals surface area contributed by atoms with Crippen LogP contribution in [0.5, 0.6) is 0 Å². The van der Waals surface area contributed by atoms with Crippen LogP contribution < -0.4 is 0 Å². The molecule has 0 heterocycles. The topological polar surface area (TPSA) is 49.7 Å². The molecule has 3 nitrogen and oxygen atoms in total. The lowest BCUT2D eigenvalue weighted by Crippen LogP contribution is -2.69. The van der Waals surface area contributed by atoms with Gasteiger partial charge in [0.05, 0.1) is 17.8 Å². The number of aliphatic hydroxyl groups is 2. The highest BCUT2D eigenvalue weighted by atomic mass is 16.5. The Kier molecular flexibility index (Phi) is 6.65. The molecule has 0 radical (unpaired) electrons. The van der Waals surface area contributed by atoms with Crippen LogP contribution in [0.2, 0.25) is 0 Å². The van der Waals surface area contributed by atoms with E-state index in [1.165, 1.54) is 44.9 Å². The lowest BCUT2D eigenvalue weighted by molar-refractivity contribution is -0.270. The maximum absolute atomic E-state index is 11.9. The number of ether oxygens (including phenoxy) is 1. The molecular formula is C28H50O3. The standard InChI is InChI=1S/C28H50O3/c1-18(2)8-7-9-19(3)22-10-11-23-21-16-25(31-6)28(30)17-20(29)12-15-27(28,5)24(21)13-14-26(22,23)4/h18-25,29-30H,7-17H2,1-6H3/t19-,20+,21+,22-,23+,24+,25-,26-,27-,28+/m1/s1. The molecule has 0 unspecified atom stereocenters. The van der Waals surface area contributed by atoms with Crippen LogP contribution in [0.3, 0.4) is 0 Å². The fourth-order valence-electron chi connectivity index (χ4n) is 9.55. The Balaban J connectivity index is 1.55. The summed E-state index contributed by atoms with van der Waals surface area (Å²) in [4.78, 5) is 0. The van der Waals surface area contributed by atoms with Gasteiger partial charge in [-0.15, -0.1) is 0 Å². The van der Waals surface area contributed by atoms with Gasteiger partial charge in [0, 0.05) is 18.9 Å². The molecule has 2 N–H and O–H groups in total. The summed E-state index contributed by atoms with van der Waals surface area (Å²) in [5.41, 5.74) is -0.550. The molecule has 10 atom stereocenters. The van der Waals surface area contributed by atoms with Crippen molar-refractivity contribution in [1.29, 1.82) is 0 Å². The summed E-state index contributed by atoms with van der Waals surface area (Å²) in [6.45, 7) is 12.2. The first-order valence-corrected chi connectivity index (χ1v) is 13.5. The Hall–Kier alpha value is -0.120. The fraction of sp³-hybridized carbons (Fsp3) is 1.00. The van der Waals surface area contributed by atoms with Crippen molar-refractivity contribution in [3.8, 4) is 0 Å². The summed E-state index contributed by atoms with van der Waals surface area (Å²) in [5, 5.41) is 22.3. The summed E-state index contributed by atoms with van der Waals surface area (Å²) in [6, 6.07) is 0. The second kappa shape index (κ2) is 8.58. The number of hydrogen-bond acceptors (Lipinski definition) is 3. The molecule has 0 spiro atoms. The summed E-state index contributed by atoms with van der Waals surface area (Å²) in [6.07, 6.45) is 12.2. The maximum atomic E-state index is 11.9. The highest BCUT2D eigenvalue weighted by molar-refractivity contribution is 5.17. The Morgan fingerprint density at radius 2 is 1.71 bits per heavy atom. The summed E-state index contributed by atoms with van der Waals surface area (Å²) in [7, 11) is 1.78. The van der Waals surface area contributed by atoms with E-state index >= 15 is 0 Å². The van der Waals surface area contributed by atoms with E-state index < -0.39 is 5.60 Å². The molecule has 0 amide bonds. The molecule has 4 saturated carbocycles. The van der Waals surface area contributed by atoms with Crippen molar-refractivity contribution in [1.82, 2.24) is 0 Å². The Bertz CT molecular complexity index is 634. The number of methoxy groups -OCH3 is 1. The van der Waals surface area contributed by atoms with Crippen LogP contribution in [-0.2, 0) is 4.74 Å². The second-order valence-electron chi connectivity index (χ2n) is 13.1. The lowest BCUT2D eigenvalue weighted by atomic mass is 9.42. The predicted molar refractivity (Wildman–Crippen MR) is 127 cm³/mol. The zero-order valence-electron chi connectivity index (χ0n) is 21.2. The van der Waals surface area contributed by atoms with Crippen LogP contribution in [0, 0.1) is 46.3 Å². The molecule has 0 saturated heterocycles. The van der Waals surface area contributed by atoms with Crippen LogP contribution in [0.4, 0.5) is 0 Å². The van der Waals surface area contributed by atoms with Crippen molar-refractivity contribution in [2.24, 2.45) is 46.3 Å². The van der Waals surface area contributed by atoms with Gasteiger partial charge in [-0.05, 0) is 85.9 Å². The fourth-order valence-corrected chi connectivity index (χ4v) is 9.55. The highest BCUT2D eigenvalue weighted by Crippen LogP contribution is 2.69. The molecular weight excluding hydrogens is 384 g/mol. The lowest BCUT2D eigenvalue weighted by Gasteiger charge is -2.66. The van der Waals surface area contributed by atoms with E-state index in [1.807, 2.05) is 0 Å². The zero-order chi connectivity index (χ0) is 22.6. The van der Waals surface area contributed by atoms with Gasteiger partial charge in [0.15, 0.2) is 0 Å². The third-order valence-corrected chi connectivity index (χ3v) is 11.3. The van der Waals surface area contributed by atoms with Gasteiger partial charge in [0.2, 0.25) is 0 Å². The number of fused-ring (bicyclic) bond motifs is 5. The first-order chi connectivity index (χ1) is 14.6. The van der Waals surface area contributed by atoms with Gasteiger partial charge in [-0.25, -0.2) is 0 Å². The van der Waals surface area contributed by atoms with E-state index in [9.17, 15) is 10.2 Å². The van der Waals surface area contributed by atoms with Crippen molar-refractivity contribution in [2.75, 3.05) is 7.11 Å². The molecule has 31 heavy (non-hydrogen) atoms. The van der Waals surface area contributed by atoms with Gasteiger partial charge in [0.25, 0.3) is 0 Å². The third kappa shape index (κ3) is 3.73. The van der Waals surface area contributed by atoms with Gasteiger partial charge >= 0.3 is 0 Å². The Labute approximate surface area is 191 Å². The first-order valence-electron chi connectivity index (χ1n) is 13.5. The minimum atomic E-state index is -0.879. The van der Waals surface area contributed by atoms with Crippen molar-refractivity contribution in [2.45, 2.75) is 123 Å². The van der Waals surface area contributed by atoms with Crippen LogP contribution in [-0.4, -0.2) is 35.1 Å². The van der Waals surface area contributed by atoms with Crippen molar-refractivity contribution in [3.05, 3.63) is 0 Å². The Morgan fingerprint density at radius 1 is 0.968 bits per heavy atom. The minimum Gasteiger partial charge on any atom is -0.393 e. The van der Waals surface area contributed by atoms with Gasteiger partial charge in [-0.2, -0.15) is 0 Å². The van der Waals surface area contributed by atoms with Gasteiger partial charge in [-0.3, -0.25) is 0 Å². The number of aliphatic hydroxyl groups excluding tert-OH is 1. The average Bonchev–Trinajstić information content (AvgIpc) is 3.05. The molecule has 0 aliphatic heterocycles. The maximum Gasteiger partial charge on any atom is 0.0988 e. The molecule has 4 aliphatic rings. The van der Waals surface area contributed by atoms with E-state index in [0.29, 0.717) is 23.7 Å². The van der Waals surface area contributed by atoms with Gasteiger partial charge < -0.3 is 14.9 Å². The normalized spacial score (nSPS) is 50.6. The highest BCUT2D eigenvalue weighted by Gasteiger charge is 2.67. The smallest absolute Gasteiger partial charge is 0.0988 e. The molecule has 180 valence electrons. The van der Waals surface area contributed by atoms with Gasteiger partial charge in [0.1, 0.15) is 0 Å². The molecule has 0 aromatic rings. The first kappa shape index (κ1) is 24.0. The zero-order valence-corrected chi connectivity index (χ0v) is 21.2. The van der Waals surface area contributed by atoms with Crippen LogP contribution in [0.25, 0.3) is 0 Å². The number of rotatable bonds is 6. The molecule has 0 aromatic carbocycles. The largest absolute Gasteiger partial charge is 0.393 e. The van der Waals surface area contributed by atoms with Crippen molar-refractivity contribution in [3.63, 3.8) is 0 Å². The summed E-state index contributed by atoms with van der Waals surface area (Å²) in [5.74, 6) is 4.50. The molecule has 0 aromatic heterocycles. The van der Waals surface area contributed by atoms with E-state index in [-0.39, 0.29) is 17.6 Å². The predicted octanol–water partition coefficient (Wildman–Crippen LogP) is 6.21. The van der Waals surface area contributed by atoms with E-state index in [2.05, 4.69) is 34.6 Å². The molecule has 0 bridgehead atoms. The van der Waals surface area contributed by atoms with Crippen LogP contribution in [0.15, 0.2) is 0 Å². The van der Waals surface area contributed by atoms with Gasteiger partial charge in [-0.1, -0.05) is 53.9 Å². The number of hydrogen-bond donors (Lipinski definition) is 2. The molecule has 4 rings (SSSR count). The van der Waals surface area contributed by atoms with E-state index in [4.69, 9.17) is 4.74 Å². The van der Waals surface area contributed by atoms with E-state index in [1.54, 1.807) is 7.11 Å².